The quantitative estimate of drug-likeness (QED) is 0.506. The van der Waals surface area contributed by atoms with Crippen LogP contribution in [0, 0.1) is 11.3 Å². The second kappa shape index (κ2) is 9.90. The number of alkyl halides is 3. The third-order valence-electron chi connectivity index (χ3n) is 4.12. The highest BCUT2D eigenvalue weighted by Crippen LogP contribution is 2.31. The number of anilines is 1. The maximum absolute atomic E-state index is 12.6. The highest BCUT2D eigenvalue weighted by molar-refractivity contribution is 6.17. The van der Waals surface area contributed by atoms with Gasteiger partial charge in [-0.05, 0) is 30.2 Å². The molecule has 0 aliphatic rings. The van der Waals surface area contributed by atoms with Crippen LogP contribution in [0.25, 0.3) is 16.6 Å². The Balaban J connectivity index is 1.81. The van der Waals surface area contributed by atoms with Gasteiger partial charge in [-0.15, -0.1) is 16.7 Å². The second-order valence-electron chi connectivity index (χ2n) is 6.18. The highest BCUT2D eigenvalue weighted by atomic mass is 35.5. The summed E-state index contributed by atoms with van der Waals surface area (Å²) in [5.74, 6) is 0.245. The van der Waals surface area contributed by atoms with E-state index in [9.17, 15) is 13.6 Å². The number of urea groups is 1. The fourth-order valence-corrected chi connectivity index (χ4v) is 2.97. The molecular formula is C19H17ClF2N6O3. The van der Waals surface area contributed by atoms with E-state index < -0.39 is 18.7 Å². The molecule has 31 heavy (non-hydrogen) atoms. The molecule has 0 aliphatic heterocycles. The molecule has 0 fully saturated rings. The van der Waals surface area contributed by atoms with Crippen molar-refractivity contribution in [1.29, 1.82) is 5.26 Å². The lowest BCUT2D eigenvalue weighted by Gasteiger charge is -2.10. The minimum absolute atomic E-state index is 0.0585. The van der Waals surface area contributed by atoms with Crippen molar-refractivity contribution in [1.82, 2.24) is 19.9 Å². The van der Waals surface area contributed by atoms with E-state index in [0.29, 0.717) is 23.1 Å². The standard InChI is InChI=1S/C19H17ClF2N6O3/c1-30-17-15(31-18(21)22)7-12(10-24-17)11-3-5-28-14(6-11)8-16(27-28)26-19(29)25-13(9-23)2-4-20/h3,5-8,10,13,18H,2,4H2,1H3,(H2,25,26,27,29). The topological polar surface area (TPSA) is 114 Å². The number of hydrogen-bond acceptors (Lipinski definition) is 6. The molecule has 3 rings (SSSR count). The third-order valence-corrected chi connectivity index (χ3v) is 4.34. The summed E-state index contributed by atoms with van der Waals surface area (Å²) in [7, 11) is 1.30. The number of nitrogens with one attached hydrogen (secondary N) is 2. The number of hydrogen-bond donors (Lipinski definition) is 2. The summed E-state index contributed by atoms with van der Waals surface area (Å²) in [6.07, 6.45) is 3.41. The SMILES string of the molecule is COc1ncc(-c2ccn3nc(NC(=O)NC(C#N)CCCl)cc3c2)cc1OC(F)F. The molecule has 3 aromatic rings. The van der Waals surface area contributed by atoms with Gasteiger partial charge in [0.2, 0.25) is 0 Å². The van der Waals surface area contributed by atoms with Gasteiger partial charge < -0.3 is 14.8 Å². The predicted octanol–water partition coefficient (Wildman–Crippen LogP) is 3.65. The Bertz CT molecular complexity index is 1120. The molecule has 1 unspecified atom stereocenters. The van der Waals surface area contributed by atoms with Gasteiger partial charge in [0.25, 0.3) is 5.88 Å². The van der Waals surface area contributed by atoms with Gasteiger partial charge in [0.15, 0.2) is 11.6 Å². The molecule has 2 N–H and O–H groups in total. The second-order valence-corrected chi connectivity index (χ2v) is 6.56. The average molecular weight is 451 g/mol. The van der Waals surface area contributed by atoms with E-state index in [4.69, 9.17) is 21.6 Å². The number of fused-ring (bicyclic) bond motifs is 1. The maximum atomic E-state index is 12.6. The molecule has 2 amide bonds. The molecule has 9 nitrogen and oxygen atoms in total. The number of carbonyl (C=O) groups is 1. The van der Waals surface area contributed by atoms with Gasteiger partial charge in [-0.25, -0.2) is 14.3 Å². The molecule has 1 atom stereocenters. The zero-order valence-electron chi connectivity index (χ0n) is 16.2. The summed E-state index contributed by atoms with van der Waals surface area (Å²) in [5, 5.41) is 18.3. The van der Waals surface area contributed by atoms with Crippen molar-refractivity contribution >= 4 is 29.0 Å². The number of amides is 2. The van der Waals surface area contributed by atoms with Gasteiger partial charge in [0.1, 0.15) is 6.04 Å². The first-order chi connectivity index (χ1) is 14.9. The van der Waals surface area contributed by atoms with E-state index in [2.05, 4.69) is 25.5 Å². The van der Waals surface area contributed by atoms with Gasteiger partial charge in [-0.1, -0.05) is 0 Å². The highest BCUT2D eigenvalue weighted by Gasteiger charge is 2.15. The molecule has 3 aromatic heterocycles. The first-order valence-corrected chi connectivity index (χ1v) is 9.48. The van der Waals surface area contributed by atoms with Crippen LogP contribution >= 0.6 is 11.6 Å². The number of carbonyl (C=O) groups excluding carboxylic acids is 1. The predicted molar refractivity (Wildman–Crippen MR) is 108 cm³/mol. The van der Waals surface area contributed by atoms with Gasteiger partial charge in [-0.3, -0.25) is 5.32 Å². The van der Waals surface area contributed by atoms with Crippen LogP contribution < -0.4 is 20.1 Å². The van der Waals surface area contributed by atoms with Gasteiger partial charge in [0.05, 0.1) is 18.7 Å². The number of ether oxygens (including phenoxy) is 2. The van der Waals surface area contributed by atoms with Crippen molar-refractivity contribution in [2.75, 3.05) is 18.3 Å². The number of nitriles is 1. The molecule has 12 heteroatoms. The fraction of sp³-hybridized carbons (Fsp3) is 0.263. The van der Waals surface area contributed by atoms with Crippen LogP contribution in [0.1, 0.15) is 6.42 Å². The van der Waals surface area contributed by atoms with Crippen molar-refractivity contribution in [2.24, 2.45) is 0 Å². The zero-order valence-corrected chi connectivity index (χ0v) is 16.9. The van der Waals surface area contributed by atoms with Gasteiger partial charge in [0, 0.05) is 29.9 Å². The van der Waals surface area contributed by atoms with Crippen molar-refractivity contribution in [3.8, 4) is 28.8 Å². The van der Waals surface area contributed by atoms with Crippen LogP contribution in [0.5, 0.6) is 11.6 Å². The molecule has 0 aromatic carbocycles. The van der Waals surface area contributed by atoms with E-state index in [0.717, 1.165) is 0 Å². The van der Waals surface area contributed by atoms with Crippen LogP contribution in [0.3, 0.4) is 0 Å². The summed E-state index contributed by atoms with van der Waals surface area (Å²) in [6.45, 7) is -3.02. The number of halogens is 3. The number of nitrogens with zero attached hydrogens (tertiary/aromatic N) is 4. The first kappa shape index (κ1) is 22.0. The Morgan fingerprint density at radius 3 is 2.84 bits per heavy atom. The molecule has 0 saturated heterocycles. The largest absolute Gasteiger partial charge is 0.478 e. The van der Waals surface area contributed by atoms with Gasteiger partial charge >= 0.3 is 12.6 Å². The fourth-order valence-electron chi connectivity index (χ4n) is 2.75. The number of aromatic nitrogens is 3. The van der Waals surface area contributed by atoms with E-state index in [1.807, 2.05) is 6.07 Å². The molecule has 3 heterocycles. The average Bonchev–Trinajstić information content (AvgIpc) is 3.14. The normalized spacial score (nSPS) is 11.7. The Morgan fingerprint density at radius 1 is 1.35 bits per heavy atom. The zero-order chi connectivity index (χ0) is 22.4. The summed E-state index contributed by atoms with van der Waals surface area (Å²) >= 11 is 5.59. The maximum Gasteiger partial charge on any atom is 0.387 e. The van der Waals surface area contributed by atoms with Crippen LogP contribution in [-0.2, 0) is 0 Å². The Morgan fingerprint density at radius 2 is 2.16 bits per heavy atom. The Labute approximate surface area is 180 Å². The van der Waals surface area contributed by atoms with Crippen LogP contribution in [0.4, 0.5) is 19.4 Å². The molecule has 0 aliphatic carbocycles. The molecule has 0 radical (unpaired) electrons. The van der Waals surface area contributed by atoms with E-state index in [1.54, 1.807) is 24.4 Å². The van der Waals surface area contributed by atoms with Crippen molar-refractivity contribution in [2.45, 2.75) is 19.1 Å². The lowest BCUT2D eigenvalue weighted by atomic mass is 10.1. The number of rotatable bonds is 8. The summed E-state index contributed by atoms with van der Waals surface area (Å²) in [5.41, 5.74) is 1.80. The van der Waals surface area contributed by atoms with Gasteiger partial charge in [-0.2, -0.15) is 14.0 Å². The molecule has 162 valence electrons. The Hall–Kier alpha value is -3.65. The van der Waals surface area contributed by atoms with E-state index >= 15 is 0 Å². The lowest BCUT2D eigenvalue weighted by molar-refractivity contribution is -0.0515. The lowest BCUT2D eigenvalue weighted by Crippen LogP contribution is -2.37. The molecule has 0 bridgehead atoms. The van der Waals surface area contributed by atoms with Crippen LogP contribution in [0.2, 0.25) is 0 Å². The van der Waals surface area contributed by atoms with E-state index in [1.165, 1.54) is 23.9 Å². The van der Waals surface area contributed by atoms with Crippen molar-refractivity contribution in [3.05, 3.63) is 36.7 Å². The minimum Gasteiger partial charge on any atom is -0.478 e. The summed E-state index contributed by atoms with van der Waals surface area (Å²) in [4.78, 5) is 16.0. The van der Waals surface area contributed by atoms with E-state index in [-0.39, 0.29) is 23.3 Å². The monoisotopic (exact) mass is 450 g/mol. The molecular weight excluding hydrogens is 434 g/mol. The Kier molecular flexibility index (Phi) is 7.04. The smallest absolute Gasteiger partial charge is 0.387 e. The summed E-state index contributed by atoms with van der Waals surface area (Å²) < 4.78 is 36.2. The van der Waals surface area contributed by atoms with Crippen molar-refractivity contribution < 1.29 is 23.0 Å². The summed E-state index contributed by atoms with van der Waals surface area (Å²) in [6, 6.07) is 7.08. The number of pyridine rings is 2. The van der Waals surface area contributed by atoms with Crippen molar-refractivity contribution in [3.63, 3.8) is 0 Å². The molecule has 0 saturated carbocycles. The van der Waals surface area contributed by atoms with Crippen LogP contribution in [-0.4, -0.2) is 46.3 Å². The molecule has 0 spiro atoms. The third kappa shape index (κ3) is 5.49. The minimum atomic E-state index is -3.02. The first-order valence-electron chi connectivity index (χ1n) is 8.95. The number of methoxy groups -OCH3 is 1. The van der Waals surface area contributed by atoms with Crippen LogP contribution in [0.15, 0.2) is 36.7 Å².